The Morgan fingerprint density at radius 1 is 1.52 bits per heavy atom. The average Bonchev–Trinajstić information content (AvgIpc) is 3.09. The average molecular weight is 351 g/mol. The van der Waals surface area contributed by atoms with Gasteiger partial charge in [-0.1, -0.05) is 13.8 Å². The third-order valence-corrected chi connectivity index (χ3v) is 4.20. The third kappa shape index (κ3) is 3.03. The zero-order chi connectivity index (χ0) is 18.3. The number of imidazole rings is 1. The van der Waals surface area contributed by atoms with Crippen LogP contribution in [0.25, 0.3) is 11.2 Å². The van der Waals surface area contributed by atoms with Crippen molar-refractivity contribution in [2.45, 2.75) is 45.3 Å². The first-order valence-corrected chi connectivity index (χ1v) is 7.97. The largest absolute Gasteiger partial charge is 0.388 e. The van der Waals surface area contributed by atoms with E-state index < -0.39 is 30.1 Å². The van der Waals surface area contributed by atoms with Crippen molar-refractivity contribution in [3.8, 4) is 0 Å². The summed E-state index contributed by atoms with van der Waals surface area (Å²) in [4.78, 5) is 34.9. The number of hydrogen-bond donors (Lipinski definition) is 3. The van der Waals surface area contributed by atoms with Crippen molar-refractivity contribution in [3.05, 3.63) is 16.7 Å². The van der Waals surface area contributed by atoms with Crippen LogP contribution in [0.15, 0.2) is 11.1 Å². The summed E-state index contributed by atoms with van der Waals surface area (Å²) in [6.07, 6.45) is -1.20. The number of methoxy groups -OCH3 is 1. The first-order chi connectivity index (χ1) is 11.8. The molecule has 0 aliphatic carbocycles. The lowest BCUT2D eigenvalue weighted by Gasteiger charge is -2.20. The SMILES string of the molecule is CO[C@@H]1[C@H](O)[C@@H](C)O[C@H]1n1cnc2c(=O)[nH]c(NC(=O)C(C)C)nc21. The van der Waals surface area contributed by atoms with E-state index in [4.69, 9.17) is 9.47 Å². The number of amides is 1. The maximum Gasteiger partial charge on any atom is 0.280 e. The highest BCUT2D eigenvalue weighted by molar-refractivity contribution is 5.91. The first kappa shape index (κ1) is 17.5. The molecule has 0 radical (unpaired) electrons. The highest BCUT2D eigenvalue weighted by Crippen LogP contribution is 2.32. The van der Waals surface area contributed by atoms with Gasteiger partial charge in [0.15, 0.2) is 17.4 Å². The topological polar surface area (TPSA) is 131 Å². The summed E-state index contributed by atoms with van der Waals surface area (Å²) in [6, 6.07) is 0. The van der Waals surface area contributed by atoms with Gasteiger partial charge in [-0.3, -0.25) is 24.5 Å². The Kier molecular flexibility index (Phi) is 4.58. The van der Waals surface area contributed by atoms with E-state index in [1.165, 1.54) is 18.0 Å². The fourth-order valence-electron chi connectivity index (χ4n) is 2.73. The third-order valence-electron chi connectivity index (χ3n) is 4.20. The lowest BCUT2D eigenvalue weighted by atomic mass is 10.1. The van der Waals surface area contributed by atoms with Crippen LogP contribution < -0.4 is 10.9 Å². The van der Waals surface area contributed by atoms with E-state index in [9.17, 15) is 14.7 Å². The molecule has 136 valence electrons. The predicted molar refractivity (Wildman–Crippen MR) is 88.0 cm³/mol. The van der Waals surface area contributed by atoms with Crippen LogP contribution in [0.3, 0.4) is 0 Å². The zero-order valence-corrected chi connectivity index (χ0v) is 14.4. The molecule has 0 unspecified atom stereocenters. The summed E-state index contributed by atoms with van der Waals surface area (Å²) >= 11 is 0. The number of aromatic nitrogens is 4. The number of nitrogens with zero attached hydrogens (tertiary/aromatic N) is 3. The summed E-state index contributed by atoms with van der Waals surface area (Å²) in [6.45, 7) is 5.19. The molecule has 2 aromatic heterocycles. The van der Waals surface area contributed by atoms with Crippen molar-refractivity contribution in [3.63, 3.8) is 0 Å². The Bertz CT molecular complexity index is 844. The van der Waals surface area contributed by atoms with Gasteiger partial charge in [-0.05, 0) is 6.92 Å². The summed E-state index contributed by atoms with van der Waals surface area (Å²) < 4.78 is 12.6. The molecular formula is C15H21N5O5. The van der Waals surface area contributed by atoms with E-state index in [-0.39, 0.29) is 28.9 Å². The van der Waals surface area contributed by atoms with Crippen LogP contribution in [0.5, 0.6) is 0 Å². The summed E-state index contributed by atoms with van der Waals surface area (Å²) in [5.41, 5.74) is -0.144. The normalized spacial score (nSPS) is 26.5. The number of fused-ring (bicyclic) bond motifs is 1. The molecule has 1 amide bonds. The zero-order valence-electron chi connectivity index (χ0n) is 14.4. The molecule has 4 atom stereocenters. The van der Waals surface area contributed by atoms with Crippen LogP contribution in [-0.2, 0) is 14.3 Å². The van der Waals surface area contributed by atoms with Gasteiger partial charge in [0.1, 0.15) is 12.2 Å². The van der Waals surface area contributed by atoms with Crippen molar-refractivity contribution >= 4 is 23.0 Å². The Balaban J connectivity index is 2.04. The van der Waals surface area contributed by atoms with Crippen LogP contribution in [-0.4, -0.2) is 56.0 Å². The molecular weight excluding hydrogens is 330 g/mol. The molecule has 0 spiro atoms. The van der Waals surface area contributed by atoms with Gasteiger partial charge >= 0.3 is 0 Å². The molecule has 3 heterocycles. The molecule has 25 heavy (non-hydrogen) atoms. The fourth-order valence-corrected chi connectivity index (χ4v) is 2.73. The molecule has 3 N–H and O–H groups in total. The van der Waals surface area contributed by atoms with Crippen molar-refractivity contribution < 1.29 is 19.4 Å². The predicted octanol–water partition coefficient (Wildman–Crippen LogP) is 0.00730. The number of carbonyl (C=O) groups is 1. The summed E-state index contributed by atoms with van der Waals surface area (Å²) in [5.74, 6) is -0.513. The van der Waals surface area contributed by atoms with E-state index in [2.05, 4.69) is 20.3 Å². The number of aromatic amines is 1. The van der Waals surface area contributed by atoms with Crippen LogP contribution in [0, 0.1) is 5.92 Å². The molecule has 1 aliphatic heterocycles. The van der Waals surface area contributed by atoms with E-state index >= 15 is 0 Å². The van der Waals surface area contributed by atoms with E-state index in [0.29, 0.717) is 0 Å². The molecule has 1 fully saturated rings. The number of aliphatic hydroxyl groups is 1. The van der Waals surface area contributed by atoms with Gasteiger partial charge in [0.05, 0.1) is 12.4 Å². The molecule has 10 heteroatoms. The minimum atomic E-state index is -0.824. The molecule has 1 aliphatic rings. The number of hydrogen-bond acceptors (Lipinski definition) is 7. The monoisotopic (exact) mass is 351 g/mol. The number of anilines is 1. The smallest absolute Gasteiger partial charge is 0.280 e. The molecule has 0 bridgehead atoms. The Labute approximate surface area is 143 Å². The molecule has 1 saturated heterocycles. The Morgan fingerprint density at radius 2 is 2.24 bits per heavy atom. The number of ether oxygens (including phenoxy) is 2. The van der Waals surface area contributed by atoms with Gasteiger partial charge in [-0.2, -0.15) is 4.98 Å². The van der Waals surface area contributed by atoms with Crippen LogP contribution in [0.4, 0.5) is 5.95 Å². The van der Waals surface area contributed by atoms with E-state index in [0.717, 1.165) is 0 Å². The number of nitrogens with one attached hydrogen (secondary N) is 2. The summed E-state index contributed by atoms with van der Waals surface area (Å²) in [5, 5.41) is 12.7. The molecule has 3 rings (SSSR count). The van der Waals surface area contributed by atoms with Gasteiger partial charge in [-0.25, -0.2) is 4.98 Å². The Hall–Kier alpha value is -2.30. The van der Waals surface area contributed by atoms with Gasteiger partial charge in [0.25, 0.3) is 5.56 Å². The highest BCUT2D eigenvalue weighted by atomic mass is 16.6. The van der Waals surface area contributed by atoms with Crippen molar-refractivity contribution in [1.82, 2.24) is 19.5 Å². The summed E-state index contributed by atoms with van der Waals surface area (Å²) in [7, 11) is 1.47. The standard InChI is InChI=1S/C15H21N5O5/c1-6(2)12(22)18-15-17-11-8(13(23)19-15)16-5-20(11)14-10(24-4)9(21)7(3)25-14/h5-7,9-10,14,21H,1-4H3,(H2,17,18,19,22,23)/t7-,9-,10-,14-/m1/s1. The number of carbonyl (C=O) groups excluding carboxylic acids is 1. The lowest BCUT2D eigenvalue weighted by Crippen LogP contribution is -2.32. The van der Waals surface area contributed by atoms with Crippen LogP contribution in [0.1, 0.15) is 27.0 Å². The second-order valence-electron chi connectivity index (χ2n) is 6.31. The minimum Gasteiger partial charge on any atom is -0.388 e. The molecule has 0 aromatic carbocycles. The van der Waals surface area contributed by atoms with Gasteiger partial charge in [-0.15, -0.1) is 0 Å². The molecule has 0 saturated carbocycles. The van der Waals surface area contributed by atoms with Crippen molar-refractivity contribution in [1.29, 1.82) is 0 Å². The second kappa shape index (κ2) is 6.54. The maximum atomic E-state index is 12.2. The quantitative estimate of drug-likeness (QED) is 0.707. The molecule has 10 nitrogen and oxygen atoms in total. The Morgan fingerprint density at radius 3 is 2.88 bits per heavy atom. The lowest BCUT2D eigenvalue weighted by molar-refractivity contribution is -0.118. The number of H-pyrrole nitrogens is 1. The van der Waals surface area contributed by atoms with Gasteiger partial charge in [0.2, 0.25) is 11.9 Å². The molecule has 2 aromatic rings. The highest BCUT2D eigenvalue weighted by Gasteiger charge is 2.43. The van der Waals surface area contributed by atoms with Crippen LogP contribution >= 0.6 is 0 Å². The number of aliphatic hydroxyl groups excluding tert-OH is 1. The maximum absolute atomic E-state index is 12.2. The van der Waals surface area contributed by atoms with Crippen molar-refractivity contribution in [2.24, 2.45) is 5.92 Å². The minimum absolute atomic E-state index is 0.0264. The van der Waals surface area contributed by atoms with E-state index in [1.807, 2.05) is 0 Å². The van der Waals surface area contributed by atoms with E-state index in [1.54, 1.807) is 20.8 Å². The second-order valence-corrected chi connectivity index (χ2v) is 6.31. The van der Waals surface area contributed by atoms with Crippen LogP contribution in [0.2, 0.25) is 0 Å². The fraction of sp³-hybridized carbons (Fsp3) is 0.600. The number of rotatable bonds is 4. The van der Waals surface area contributed by atoms with Crippen molar-refractivity contribution in [2.75, 3.05) is 12.4 Å². The van der Waals surface area contributed by atoms with Gasteiger partial charge in [0, 0.05) is 13.0 Å². The van der Waals surface area contributed by atoms with Gasteiger partial charge < -0.3 is 14.6 Å². The first-order valence-electron chi connectivity index (χ1n) is 7.97.